The minimum atomic E-state index is -1.19. The van der Waals surface area contributed by atoms with Crippen molar-refractivity contribution in [3.05, 3.63) is 106 Å². The number of carbonyl (C=O) groups is 2. The average molecular weight is 510 g/mol. The van der Waals surface area contributed by atoms with Gasteiger partial charge in [0.2, 0.25) is 5.91 Å². The zero-order valence-corrected chi connectivity index (χ0v) is 20.2. The SMILES string of the molecule is O=C(NC1(C(=O)NCc2ccc(F)cc2F)CCNCC1)/C(=C/c1ccc(Cl)cc1)c1ccccc1. The lowest BCUT2D eigenvalue weighted by Crippen LogP contribution is -2.62. The van der Waals surface area contributed by atoms with Gasteiger partial charge < -0.3 is 16.0 Å². The van der Waals surface area contributed by atoms with Crippen molar-refractivity contribution in [3.8, 4) is 0 Å². The highest BCUT2D eigenvalue weighted by atomic mass is 35.5. The number of rotatable bonds is 7. The van der Waals surface area contributed by atoms with Crippen LogP contribution in [0.4, 0.5) is 8.78 Å². The van der Waals surface area contributed by atoms with Crippen LogP contribution in [0.5, 0.6) is 0 Å². The molecule has 3 N–H and O–H groups in total. The monoisotopic (exact) mass is 509 g/mol. The third-order valence-corrected chi connectivity index (χ3v) is 6.46. The van der Waals surface area contributed by atoms with Crippen LogP contribution in [0, 0.1) is 11.6 Å². The van der Waals surface area contributed by atoms with Crippen LogP contribution in [0.25, 0.3) is 11.6 Å². The Morgan fingerprint density at radius 2 is 1.67 bits per heavy atom. The summed E-state index contributed by atoms with van der Waals surface area (Å²) >= 11 is 6.01. The highest BCUT2D eigenvalue weighted by Gasteiger charge is 2.41. The maximum Gasteiger partial charge on any atom is 0.252 e. The molecule has 0 atom stereocenters. The van der Waals surface area contributed by atoms with E-state index < -0.39 is 29.0 Å². The minimum absolute atomic E-state index is 0.123. The van der Waals surface area contributed by atoms with Gasteiger partial charge in [-0.15, -0.1) is 0 Å². The molecule has 1 aliphatic rings. The molecule has 1 aliphatic heterocycles. The Balaban J connectivity index is 1.59. The third kappa shape index (κ3) is 6.17. The van der Waals surface area contributed by atoms with E-state index >= 15 is 0 Å². The molecule has 1 saturated heterocycles. The van der Waals surface area contributed by atoms with Gasteiger partial charge in [-0.1, -0.05) is 60.1 Å². The third-order valence-electron chi connectivity index (χ3n) is 6.21. The molecular formula is C28H26ClF2N3O2. The van der Waals surface area contributed by atoms with Crippen molar-refractivity contribution in [1.82, 2.24) is 16.0 Å². The first-order chi connectivity index (χ1) is 17.4. The molecule has 2 amide bonds. The van der Waals surface area contributed by atoms with Gasteiger partial charge in [0.25, 0.3) is 5.91 Å². The first kappa shape index (κ1) is 25.5. The summed E-state index contributed by atoms with van der Waals surface area (Å²) in [4.78, 5) is 27.0. The number of benzene rings is 3. The van der Waals surface area contributed by atoms with Gasteiger partial charge in [0.1, 0.15) is 17.2 Å². The second-order valence-corrected chi connectivity index (χ2v) is 9.12. The van der Waals surface area contributed by atoms with Gasteiger partial charge in [-0.25, -0.2) is 8.78 Å². The van der Waals surface area contributed by atoms with Crippen LogP contribution in [0.1, 0.15) is 29.5 Å². The molecule has 0 aromatic heterocycles. The molecule has 1 fully saturated rings. The molecule has 3 aromatic carbocycles. The van der Waals surface area contributed by atoms with Crippen molar-refractivity contribution in [2.75, 3.05) is 13.1 Å². The maximum atomic E-state index is 14.1. The van der Waals surface area contributed by atoms with E-state index in [-0.39, 0.29) is 12.1 Å². The van der Waals surface area contributed by atoms with Crippen molar-refractivity contribution < 1.29 is 18.4 Å². The summed E-state index contributed by atoms with van der Waals surface area (Å²) in [6.07, 6.45) is 2.47. The zero-order valence-electron chi connectivity index (χ0n) is 19.5. The number of amides is 2. The lowest BCUT2D eigenvalue weighted by Gasteiger charge is -2.37. The van der Waals surface area contributed by atoms with E-state index in [4.69, 9.17) is 11.6 Å². The number of hydrogen-bond acceptors (Lipinski definition) is 3. The normalized spacial score (nSPS) is 15.2. The quantitative estimate of drug-likeness (QED) is 0.319. The van der Waals surface area contributed by atoms with E-state index in [1.807, 2.05) is 42.5 Å². The zero-order chi connectivity index (χ0) is 25.5. The Kier molecular flexibility index (Phi) is 8.13. The van der Waals surface area contributed by atoms with E-state index in [1.165, 1.54) is 6.07 Å². The number of carbonyl (C=O) groups excluding carboxylic acids is 2. The first-order valence-electron chi connectivity index (χ1n) is 11.6. The Labute approximate surface area is 213 Å². The molecule has 0 unspecified atom stereocenters. The van der Waals surface area contributed by atoms with Crippen molar-refractivity contribution in [3.63, 3.8) is 0 Å². The standard InChI is InChI=1S/C28H26ClF2N3O2/c29-22-9-6-19(7-10-22)16-24(20-4-2-1-3-5-20)26(35)34-28(12-14-32-15-13-28)27(36)33-18-21-8-11-23(30)17-25(21)31/h1-11,16-17,32H,12-15,18H2,(H,33,36)(H,34,35)/b24-16+. The van der Waals surface area contributed by atoms with Crippen LogP contribution in [-0.4, -0.2) is 30.4 Å². The molecule has 0 bridgehead atoms. The largest absolute Gasteiger partial charge is 0.350 e. The van der Waals surface area contributed by atoms with Crippen molar-refractivity contribution in [2.24, 2.45) is 0 Å². The smallest absolute Gasteiger partial charge is 0.252 e. The van der Waals surface area contributed by atoms with Gasteiger partial charge in [-0.3, -0.25) is 9.59 Å². The van der Waals surface area contributed by atoms with E-state index in [0.717, 1.165) is 17.7 Å². The fourth-order valence-electron chi connectivity index (χ4n) is 4.18. The van der Waals surface area contributed by atoms with E-state index in [0.29, 0.717) is 42.1 Å². The van der Waals surface area contributed by atoms with Crippen LogP contribution in [0.2, 0.25) is 5.02 Å². The summed E-state index contributed by atoms with van der Waals surface area (Å²) < 4.78 is 27.3. The molecule has 36 heavy (non-hydrogen) atoms. The van der Waals surface area contributed by atoms with E-state index in [1.54, 1.807) is 18.2 Å². The summed E-state index contributed by atoms with van der Waals surface area (Å²) in [6, 6.07) is 19.5. The summed E-state index contributed by atoms with van der Waals surface area (Å²) in [5.74, 6) is -2.25. The molecule has 1 heterocycles. The molecule has 0 radical (unpaired) electrons. The number of hydrogen-bond donors (Lipinski definition) is 3. The Hall–Kier alpha value is -3.55. The first-order valence-corrected chi connectivity index (χ1v) is 12.0. The average Bonchev–Trinajstić information content (AvgIpc) is 2.88. The maximum absolute atomic E-state index is 14.1. The van der Waals surface area contributed by atoms with Crippen molar-refractivity contribution in [1.29, 1.82) is 0 Å². The van der Waals surface area contributed by atoms with Crippen LogP contribution >= 0.6 is 11.6 Å². The molecule has 5 nitrogen and oxygen atoms in total. The van der Waals surface area contributed by atoms with Crippen molar-refractivity contribution in [2.45, 2.75) is 24.9 Å². The van der Waals surface area contributed by atoms with Gasteiger partial charge in [0, 0.05) is 28.8 Å². The second kappa shape index (κ2) is 11.5. The topological polar surface area (TPSA) is 70.2 Å². The van der Waals surface area contributed by atoms with E-state index in [2.05, 4.69) is 16.0 Å². The summed E-state index contributed by atoms with van der Waals surface area (Å²) in [5, 5.41) is 9.50. The Morgan fingerprint density at radius 1 is 0.972 bits per heavy atom. The van der Waals surface area contributed by atoms with Crippen LogP contribution < -0.4 is 16.0 Å². The Morgan fingerprint density at radius 3 is 2.33 bits per heavy atom. The second-order valence-electron chi connectivity index (χ2n) is 8.68. The van der Waals surface area contributed by atoms with E-state index in [9.17, 15) is 18.4 Å². The lowest BCUT2D eigenvalue weighted by molar-refractivity contribution is -0.133. The van der Waals surface area contributed by atoms with Crippen molar-refractivity contribution >= 4 is 35.1 Å². The predicted molar refractivity (Wildman–Crippen MR) is 137 cm³/mol. The van der Waals surface area contributed by atoms with Gasteiger partial charge >= 0.3 is 0 Å². The highest BCUT2D eigenvalue weighted by molar-refractivity contribution is 6.30. The fraction of sp³-hybridized carbons (Fsp3) is 0.214. The molecule has 3 aromatic rings. The van der Waals surface area contributed by atoms with Crippen LogP contribution in [0.15, 0.2) is 72.8 Å². The van der Waals surface area contributed by atoms with Crippen LogP contribution in [-0.2, 0) is 16.1 Å². The van der Waals surface area contributed by atoms with Crippen LogP contribution in [0.3, 0.4) is 0 Å². The number of piperidine rings is 1. The lowest BCUT2D eigenvalue weighted by atomic mass is 9.86. The highest BCUT2D eigenvalue weighted by Crippen LogP contribution is 2.25. The molecule has 0 spiro atoms. The summed E-state index contributed by atoms with van der Waals surface area (Å²) in [7, 11) is 0. The van der Waals surface area contributed by atoms with Gasteiger partial charge in [-0.2, -0.15) is 0 Å². The molecule has 0 saturated carbocycles. The number of nitrogens with one attached hydrogen (secondary N) is 3. The van der Waals surface area contributed by atoms with Gasteiger partial charge in [0.05, 0.1) is 0 Å². The van der Waals surface area contributed by atoms with Gasteiger partial charge in [0.15, 0.2) is 0 Å². The number of halogens is 3. The molecule has 0 aliphatic carbocycles. The van der Waals surface area contributed by atoms with Gasteiger partial charge in [-0.05, 0) is 61.3 Å². The molecule has 8 heteroatoms. The summed E-state index contributed by atoms with van der Waals surface area (Å²) in [5.41, 5.74) is 0.847. The molecule has 186 valence electrons. The molecular weight excluding hydrogens is 484 g/mol. The Bertz CT molecular complexity index is 1260. The minimum Gasteiger partial charge on any atom is -0.350 e. The fourth-order valence-corrected chi connectivity index (χ4v) is 4.31. The summed E-state index contributed by atoms with van der Waals surface area (Å²) in [6.45, 7) is 0.933. The predicted octanol–water partition coefficient (Wildman–Crippen LogP) is 4.71. The molecule has 4 rings (SSSR count).